The Morgan fingerprint density at radius 2 is 2.11 bits per heavy atom. The standard InChI is InChI=1S/C13H19N3O2/c1-13(5-3-2-4-6-13)16-11-10(12(17)18)7-9(14)8-15-11/h7-8H,2-6,14H2,1H3,(H,15,16)(H,17,18). The Morgan fingerprint density at radius 1 is 1.44 bits per heavy atom. The van der Waals surface area contributed by atoms with Crippen LogP contribution in [0.25, 0.3) is 0 Å². The van der Waals surface area contributed by atoms with Crippen molar-refractivity contribution < 1.29 is 9.90 Å². The molecule has 2 rings (SSSR count). The molecule has 4 N–H and O–H groups in total. The molecule has 5 nitrogen and oxygen atoms in total. The number of nitrogen functional groups attached to an aromatic ring is 1. The Kier molecular flexibility index (Phi) is 3.41. The molecule has 0 bridgehead atoms. The first-order valence-electron chi connectivity index (χ1n) is 6.27. The molecule has 1 fully saturated rings. The number of nitrogens with two attached hydrogens (primary N) is 1. The number of hydrogen-bond acceptors (Lipinski definition) is 4. The molecule has 0 aliphatic heterocycles. The lowest BCUT2D eigenvalue weighted by Crippen LogP contribution is -2.37. The van der Waals surface area contributed by atoms with Crippen LogP contribution in [-0.4, -0.2) is 21.6 Å². The predicted molar refractivity (Wildman–Crippen MR) is 70.7 cm³/mol. The van der Waals surface area contributed by atoms with Crippen molar-refractivity contribution in [1.29, 1.82) is 0 Å². The van der Waals surface area contributed by atoms with Gasteiger partial charge in [0.1, 0.15) is 11.4 Å². The second-order valence-electron chi connectivity index (χ2n) is 5.22. The van der Waals surface area contributed by atoms with Gasteiger partial charge in [0.25, 0.3) is 0 Å². The summed E-state index contributed by atoms with van der Waals surface area (Å²) in [5, 5.41) is 12.5. The van der Waals surface area contributed by atoms with E-state index in [0.29, 0.717) is 11.5 Å². The third-order valence-electron chi connectivity index (χ3n) is 3.52. The summed E-state index contributed by atoms with van der Waals surface area (Å²) in [7, 11) is 0. The van der Waals surface area contributed by atoms with Gasteiger partial charge in [-0.3, -0.25) is 0 Å². The van der Waals surface area contributed by atoms with Crippen LogP contribution in [-0.2, 0) is 0 Å². The van der Waals surface area contributed by atoms with Gasteiger partial charge in [-0.15, -0.1) is 0 Å². The molecule has 1 aliphatic carbocycles. The number of carboxylic acid groups (broad SMARTS) is 1. The van der Waals surface area contributed by atoms with Gasteiger partial charge in [0.05, 0.1) is 11.9 Å². The summed E-state index contributed by atoms with van der Waals surface area (Å²) in [4.78, 5) is 15.3. The van der Waals surface area contributed by atoms with E-state index in [1.54, 1.807) is 0 Å². The summed E-state index contributed by atoms with van der Waals surface area (Å²) in [5.41, 5.74) is 6.02. The highest BCUT2D eigenvalue weighted by Crippen LogP contribution is 2.31. The lowest BCUT2D eigenvalue weighted by atomic mass is 9.83. The molecule has 0 atom stereocenters. The van der Waals surface area contributed by atoms with Gasteiger partial charge in [-0.2, -0.15) is 0 Å². The zero-order valence-corrected chi connectivity index (χ0v) is 10.6. The van der Waals surface area contributed by atoms with Crippen LogP contribution in [0.1, 0.15) is 49.4 Å². The van der Waals surface area contributed by atoms with Crippen LogP contribution in [0, 0.1) is 0 Å². The molecule has 0 unspecified atom stereocenters. The van der Waals surface area contributed by atoms with E-state index in [0.717, 1.165) is 12.8 Å². The average molecular weight is 249 g/mol. The zero-order chi connectivity index (χ0) is 13.2. The van der Waals surface area contributed by atoms with Crippen LogP contribution in [0.2, 0.25) is 0 Å². The second-order valence-corrected chi connectivity index (χ2v) is 5.22. The van der Waals surface area contributed by atoms with Crippen LogP contribution in [0.3, 0.4) is 0 Å². The second kappa shape index (κ2) is 4.84. The number of carboxylic acids is 1. The van der Waals surface area contributed by atoms with Gasteiger partial charge in [-0.25, -0.2) is 9.78 Å². The Labute approximate surface area is 106 Å². The first-order valence-corrected chi connectivity index (χ1v) is 6.27. The van der Waals surface area contributed by atoms with E-state index in [1.807, 2.05) is 0 Å². The molecule has 1 aromatic heterocycles. The normalized spacial score (nSPS) is 18.3. The lowest BCUT2D eigenvalue weighted by molar-refractivity contribution is 0.0697. The molecule has 5 heteroatoms. The highest BCUT2D eigenvalue weighted by Gasteiger charge is 2.28. The Balaban J connectivity index is 2.25. The first-order chi connectivity index (χ1) is 8.50. The van der Waals surface area contributed by atoms with Crippen molar-refractivity contribution in [1.82, 2.24) is 4.98 Å². The highest BCUT2D eigenvalue weighted by atomic mass is 16.4. The van der Waals surface area contributed by atoms with Crippen LogP contribution in [0.5, 0.6) is 0 Å². The number of aromatic carboxylic acids is 1. The van der Waals surface area contributed by atoms with E-state index in [2.05, 4.69) is 17.2 Å². The molecule has 1 heterocycles. The molecular weight excluding hydrogens is 230 g/mol. The molecule has 0 aromatic carbocycles. The summed E-state index contributed by atoms with van der Waals surface area (Å²) in [6.45, 7) is 2.12. The average Bonchev–Trinajstić information content (AvgIpc) is 2.32. The maximum atomic E-state index is 11.2. The lowest BCUT2D eigenvalue weighted by Gasteiger charge is -2.35. The van der Waals surface area contributed by atoms with E-state index in [9.17, 15) is 4.79 Å². The van der Waals surface area contributed by atoms with Crippen molar-refractivity contribution in [2.24, 2.45) is 0 Å². The Bertz CT molecular complexity index is 454. The number of aromatic nitrogens is 1. The molecule has 98 valence electrons. The fourth-order valence-corrected chi connectivity index (χ4v) is 2.49. The number of nitrogens with zero attached hydrogens (tertiary/aromatic N) is 1. The fraction of sp³-hybridized carbons (Fsp3) is 0.538. The molecule has 1 saturated carbocycles. The van der Waals surface area contributed by atoms with Gasteiger partial charge in [0, 0.05) is 5.54 Å². The van der Waals surface area contributed by atoms with Gasteiger partial charge in [0.15, 0.2) is 0 Å². The van der Waals surface area contributed by atoms with Crippen LogP contribution >= 0.6 is 0 Å². The van der Waals surface area contributed by atoms with Gasteiger partial charge in [-0.1, -0.05) is 19.3 Å². The summed E-state index contributed by atoms with van der Waals surface area (Å²) in [6.07, 6.45) is 7.15. The first kappa shape index (κ1) is 12.7. The van der Waals surface area contributed by atoms with E-state index >= 15 is 0 Å². The summed E-state index contributed by atoms with van der Waals surface area (Å²) in [5.74, 6) is -0.585. The van der Waals surface area contributed by atoms with E-state index in [-0.39, 0.29) is 11.1 Å². The van der Waals surface area contributed by atoms with Crippen molar-refractivity contribution in [3.05, 3.63) is 17.8 Å². The number of pyridine rings is 1. The van der Waals surface area contributed by atoms with Crippen molar-refractivity contribution in [2.75, 3.05) is 11.1 Å². The minimum absolute atomic E-state index is 0.0639. The minimum Gasteiger partial charge on any atom is -0.478 e. The van der Waals surface area contributed by atoms with E-state index in [1.165, 1.54) is 31.5 Å². The number of nitrogens with one attached hydrogen (secondary N) is 1. The monoisotopic (exact) mass is 249 g/mol. The predicted octanol–water partition coefficient (Wildman–Crippen LogP) is 2.50. The Hall–Kier alpha value is -1.78. The van der Waals surface area contributed by atoms with E-state index in [4.69, 9.17) is 10.8 Å². The third-order valence-corrected chi connectivity index (χ3v) is 3.52. The molecule has 0 saturated heterocycles. The van der Waals surface area contributed by atoms with Crippen LogP contribution in [0.4, 0.5) is 11.5 Å². The Morgan fingerprint density at radius 3 is 2.72 bits per heavy atom. The topological polar surface area (TPSA) is 88.2 Å². The number of rotatable bonds is 3. The summed E-state index contributed by atoms with van der Waals surface area (Å²) < 4.78 is 0. The largest absolute Gasteiger partial charge is 0.478 e. The van der Waals surface area contributed by atoms with Gasteiger partial charge >= 0.3 is 5.97 Å². The van der Waals surface area contributed by atoms with E-state index < -0.39 is 5.97 Å². The summed E-state index contributed by atoms with van der Waals surface area (Å²) >= 11 is 0. The van der Waals surface area contributed by atoms with Crippen LogP contribution < -0.4 is 11.1 Å². The van der Waals surface area contributed by atoms with Crippen molar-refractivity contribution in [3.63, 3.8) is 0 Å². The third kappa shape index (κ3) is 2.72. The van der Waals surface area contributed by atoms with Gasteiger partial charge < -0.3 is 16.2 Å². The highest BCUT2D eigenvalue weighted by molar-refractivity contribution is 5.94. The molecule has 0 radical (unpaired) electrons. The van der Waals surface area contributed by atoms with Gasteiger partial charge in [-0.05, 0) is 25.8 Å². The fourth-order valence-electron chi connectivity index (χ4n) is 2.49. The van der Waals surface area contributed by atoms with Crippen molar-refractivity contribution in [3.8, 4) is 0 Å². The molecule has 1 aromatic rings. The van der Waals surface area contributed by atoms with Crippen LogP contribution in [0.15, 0.2) is 12.3 Å². The smallest absolute Gasteiger partial charge is 0.339 e. The number of anilines is 2. The summed E-state index contributed by atoms with van der Waals surface area (Å²) in [6, 6.07) is 1.45. The molecule has 18 heavy (non-hydrogen) atoms. The quantitative estimate of drug-likeness (QED) is 0.766. The zero-order valence-electron chi connectivity index (χ0n) is 10.6. The molecule has 0 amide bonds. The van der Waals surface area contributed by atoms with Crippen molar-refractivity contribution in [2.45, 2.75) is 44.6 Å². The van der Waals surface area contributed by atoms with Gasteiger partial charge in [0.2, 0.25) is 0 Å². The number of hydrogen-bond donors (Lipinski definition) is 3. The minimum atomic E-state index is -1.00. The van der Waals surface area contributed by atoms with Crippen molar-refractivity contribution >= 4 is 17.5 Å². The molecular formula is C13H19N3O2. The maximum absolute atomic E-state index is 11.2. The molecule has 0 spiro atoms. The SMILES string of the molecule is CC1(Nc2ncc(N)cc2C(=O)O)CCCCC1. The maximum Gasteiger partial charge on any atom is 0.339 e. The number of carbonyl (C=O) groups is 1. The molecule has 1 aliphatic rings.